The van der Waals surface area contributed by atoms with Crippen LogP contribution in [0.5, 0.6) is 0 Å². The summed E-state index contributed by atoms with van der Waals surface area (Å²) in [6.45, 7) is 4.74. The molecule has 3 rings (SSSR count). The molecule has 0 aliphatic carbocycles. The lowest BCUT2D eigenvalue weighted by Gasteiger charge is -2.13. The molecule has 1 fully saturated rings. The van der Waals surface area contributed by atoms with Crippen LogP contribution in [-0.4, -0.2) is 40.4 Å². The predicted octanol–water partition coefficient (Wildman–Crippen LogP) is 2.08. The summed E-state index contributed by atoms with van der Waals surface area (Å²) in [6.07, 6.45) is 6.93. The molecule has 1 aliphatic heterocycles. The van der Waals surface area contributed by atoms with Crippen LogP contribution in [0.1, 0.15) is 37.1 Å². The van der Waals surface area contributed by atoms with Gasteiger partial charge in [-0.1, -0.05) is 0 Å². The first-order chi connectivity index (χ1) is 11.6. The van der Waals surface area contributed by atoms with Crippen molar-refractivity contribution in [2.75, 3.05) is 24.5 Å². The molecule has 7 nitrogen and oxygen atoms in total. The fourth-order valence-corrected chi connectivity index (χ4v) is 3.68. The summed E-state index contributed by atoms with van der Waals surface area (Å²) in [7, 11) is 1.86. The summed E-state index contributed by atoms with van der Waals surface area (Å²) in [6, 6.07) is -0.235. The molecule has 8 heteroatoms. The molecule has 130 valence electrons. The zero-order valence-corrected chi connectivity index (χ0v) is 15.0. The Bertz CT molecular complexity index is 676. The third-order valence-corrected chi connectivity index (χ3v) is 5.11. The zero-order chi connectivity index (χ0) is 16.9. The van der Waals surface area contributed by atoms with Crippen molar-refractivity contribution < 1.29 is 4.79 Å². The topological polar surface area (TPSA) is 75.1 Å². The molecule has 2 aromatic heterocycles. The van der Waals surface area contributed by atoms with Crippen molar-refractivity contribution in [1.82, 2.24) is 25.4 Å². The molecule has 1 aliphatic rings. The highest BCUT2D eigenvalue weighted by molar-refractivity contribution is 7.13. The summed E-state index contributed by atoms with van der Waals surface area (Å²) in [4.78, 5) is 19.0. The molecular weight excluding hydrogens is 324 g/mol. The second-order valence-corrected chi connectivity index (χ2v) is 6.97. The highest BCUT2D eigenvalue weighted by atomic mass is 32.1. The van der Waals surface area contributed by atoms with E-state index in [1.54, 1.807) is 22.2 Å². The lowest BCUT2D eigenvalue weighted by atomic mass is 10.2. The first-order valence-electron chi connectivity index (χ1n) is 8.34. The van der Waals surface area contributed by atoms with Gasteiger partial charge in [-0.15, -0.1) is 11.3 Å². The number of amides is 2. The van der Waals surface area contributed by atoms with Crippen molar-refractivity contribution in [3.8, 4) is 0 Å². The molecule has 1 atom stereocenters. The maximum atomic E-state index is 12.0. The molecule has 3 heterocycles. The van der Waals surface area contributed by atoms with Gasteiger partial charge in [-0.05, 0) is 19.8 Å². The van der Waals surface area contributed by atoms with E-state index in [0.29, 0.717) is 6.54 Å². The zero-order valence-electron chi connectivity index (χ0n) is 14.2. The van der Waals surface area contributed by atoms with Gasteiger partial charge in [0.05, 0.1) is 17.9 Å². The van der Waals surface area contributed by atoms with Crippen LogP contribution in [0.3, 0.4) is 0 Å². The molecule has 0 spiro atoms. The molecule has 2 aromatic rings. The summed E-state index contributed by atoms with van der Waals surface area (Å²) >= 11 is 1.69. The van der Waals surface area contributed by atoms with Crippen LogP contribution in [0.25, 0.3) is 0 Å². The van der Waals surface area contributed by atoms with Crippen LogP contribution >= 0.6 is 11.3 Å². The Labute approximate surface area is 146 Å². The Hall–Kier alpha value is -2.09. The van der Waals surface area contributed by atoms with E-state index in [4.69, 9.17) is 0 Å². The summed E-state index contributed by atoms with van der Waals surface area (Å²) in [5.41, 5.74) is 2.03. The molecular formula is C16H24N6OS. The number of hydrogen-bond donors (Lipinski definition) is 2. The number of urea groups is 1. The van der Waals surface area contributed by atoms with Crippen LogP contribution in [-0.2, 0) is 13.5 Å². The van der Waals surface area contributed by atoms with Gasteiger partial charge in [-0.25, -0.2) is 9.78 Å². The number of nitrogens with zero attached hydrogens (tertiary/aromatic N) is 4. The largest absolute Gasteiger partial charge is 0.348 e. The van der Waals surface area contributed by atoms with E-state index < -0.39 is 0 Å². The maximum Gasteiger partial charge on any atom is 0.315 e. The number of aryl methyl sites for hydroxylation is 1. The summed E-state index contributed by atoms with van der Waals surface area (Å²) < 4.78 is 1.73. The van der Waals surface area contributed by atoms with E-state index in [2.05, 4.69) is 31.0 Å². The van der Waals surface area contributed by atoms with E-state index >= 15 is 0 Å². The van der Waals surface area contributed by atoms with Crippen LogP contribution in [0, 0.1) is 0 Å². The quantitative estimate of drug-likeness (QED) is 0.838. The van der Waals surface area contributed by atoms with Crippen LogP contribution in [0.15, 0.2) is 17.8 Å². The third-order valence-electron chi connectivity index (χ3n) is 4.16. The minimum atomic E-state index is -0.165. The first-order valence-corrected chi connectivity index (χ1v) is 9.22. The van der Waals surface area contributed by atoms with Gasteiger partial charge in [0.1, 0.15) is 0 Å². The van der Waals surface area contributed by atoms with Crippen molar-refractivity contribution >= 4 is 22.5 Å². The van der Waals surface area contributed by atoms with E-state index in [-0.39, 0.29) is 12.1 Å². The van der Waals surface area contributed by atoms with Crippen molar-refractivity contribution in [2.24, 2.45) is 7.05 Å². The molecule has 2 amide bonds. The Kier molecular flexibility index (Phi) is 5.34. The number of aromatic nitrogens is 3. The highest BCUT2D eigenvalue weighted by Crippen LogP contribution is 2.24. The second-order valence-electron chi connectivity index (χ2n) is 6.13. The second kappa shape index (κ2) is 7.65. The van der Waals surface area contributed by atoms with Gasteiger partial charge < -0.3 is 15.5 Å². The number of carbonyl (C=O) groups is 1. The van der Waals surface area contributed by atoms with E-state index in [0.717, 1.165) is 35.9 Å². The fraction of sp³-hybridized carbons (Fsp3) is 0.562. The average molecular weight is 348 g/mol. The molecule has 0 aromatic carbocycles. The summed E-state index contributed by atoms with van der Waals surface area (Å²) in [5, 5.41) is 13.1. The molecule has 0 bridgehead atoms. The molecule has 0 unspecified atom stereocenters. The van der Waals surface area contributed by atoms with Gasteiger partial charge in [0, 0.05) is 50.2 Å². The Balaban J connectivity index is 1.40. The summed E-state index contributed by atoms with van der Waals surface area (Å²) in [5.74, 6) is 0. The third kappa shape index (κ3) is 4.25. The normalized spacial score (nSPS) is 15.5. The number of thiazole rings is 1. The standard InChI is InChI=1S/C16H24N6OS/c1-12(13-9-18-21(2)10-13)19-15(23)17-6-5-14-11-24-16(20-14)22-7-3-4-8-22/h9-12H,3-8H2,1-2H3,(H2,17,19,23)/t12-/m1/s1. The fourth-order valence-electron chi connectivity index (χ4n) is 2.76. The van der Waals surface area contributed by atoms with Gasteiger partial charge in [0.2, 0.25) is 0 Å². The van der Waals surface area contributed by atoms with Crippen molar-refractivity contribution in [2.45, 2.75) is 32.2 Å². The SMILES string of the molecule is C[C@@H](NC(=O)NCCc1csc(N2CCCC2)n1)c1cnn(C)c1. The number of nitrogens with one attached hydrogen (secondary N) is 2. The Morgan fingerprint density at radius 1 is 1.42 bits per heavy atom. The minimum Gasteiger partial charge on any atom is -0.348 e. The smallest absolute Gasteiger partial charge is 0.315 e. The van der Waals surface area contributed by atoms with Crippen LogP contribution in [0.2, 0.25) is 0 Å². The van der Waals surface area contributed by atoms with Gasteiger partial charge in [-0.2, -0.15) is 5.10 Å². The molecule has 1 saturated heterocycles. The van der Waals surface area contributed by atoms with Crippen molar-refractivity contribution in [3.05, 3.63) is 29.0 Å². The van der Waals surface area contributed by atoms with Crippen LogP contribution < -0.4 is 15.5 Å². The highest BCUT2D eigenvalue weighted by Gasteiger charge is 2.15. The number of hydrogen-bond acceptors (Lipinski definition) is 5. The molecule has 0 saturated carbocycles. The predicted molar refractivity (Wildman–Crippen MR) is 95.4 cm³/mol. The van der Waals surface area contributed by atoms with E-state index in [9.17, 15) is 4.79 Å². The average Bonchev–Trinajstić information content (AvgIpc) is 3.27. The number of carbonyl (C=O) groups excluding carboxylic acids is 1. The van der Waals surface area contributed by atoms with E-state index in [1.807, 2.05) is 20.2 Å². The number of anilines is 1. The maximum absolute atomic E-state index is 12.0. The number of rotatable bonds is 6. The Morgan fingerprint density at radius 3 is 2.92 bits per heavy atom. The molecule has 24 heavy (non-hydrogen) atoms. The van der Waals surface area contributed by atoms with Gasteiger partial charge in [-0.3, -0.25) is 4.68 Å². The lowest BCUT2D eigenvalue weighted by Crippen LogP contribution is -2.38. The lowest BCUT2D eigenvalue weighted by molar-refractivity contribution is 0.238. The molecule has 0 radical (unpaired) electrons. The van der Waals surface area contributed by atoms with Crippen molar-refractivity contribution in [3.63, 3.8) is 0 Å². The molecule has 2 N–H and O–H groups in total. The monoisotopic (exact) mass is 348 g/mol. The van der Waals surface area contributed by atoms with Gasteiger partial charge >= 0.3 is 6.03 Å². The minimum absolute atomic E-state index is 0.0697. The first kappa shape index (κ1) is 16.8. The van der Waals surface area contributed by atoms with Crippen molar-refractivity contribution in [1.29, 1.82) is 0 Å². The van der Waals surface area contributed by atoms with E-state index in [1.165, 1.54) is 12.8 Å². The van der Waals surface area contributed by atoms with Gasteiger partial charge in [0.25, 0.3) is 0 Å². The van der Waals surface area contributed by atoms with Crippen LogP contribution in [0.4, 0.5) is 9.93 Å². The Morgan fingerprint density at radius 2 is 2.21 bits per heavy atom. The van der Waals surface area contributed by atoms with Gasteiger partial charge in [0.15, 0.2) is 5.13 Å².